The molecule has 0 saturated heterocycles. The van der Waals surface area contributed by atoms with Crippen molar-refractivity contribution in [2.24, 2.45) is 0 Å². The highest BCUT2D eigenvalue weighted by molar-refractivity contribution is 5.74. The van der Waals surface area contributed by atoms with Gasteiger partial charge in [0, 0.05) is 11.1 Å². The molecule has 0 aromatic heterocycles. The number of hydrogen-bond acceptors (Lipinski definition) is 2. The molecule has 134 valence electrons. The minimum absolute atomic E-state index is 0.0503. The van der Waals surface area contributed by atoms with Crippen LogP contribution >= 0.6 is 0 Å². The fourth-order valence-corrected chi connectivity index (χ4v) is 3.22. The van der Waals surface area contributed by atoms with Crippen molar-refractivity contribution in [1.29, 1.82) is 0 Å². The Balaban J connectivity index is 2.59. The van der Waals surface area contributed by atoms with Crippen LogP contribution in [0.15, 0.2) is 24.3 Å². The summed E-state index contributed by atoms with van der Waals surface area (Å²) < 4.78 is 34.8. The molecular formula is C21H24F2O2. The molecule has 0 saturated carbocycles. The van der Waals surface area contributed by atoms with Gasteiger partial charge in [-0.2, -0.15) is 0 Å². The predicted octanol–water partition coefficient (Wildman–Crippen LogP) is 5.61. The summed E-state index contributed by atoms with van der Waals surface area (Å²) in [5.41, 5.74) is 3.31. The molecule has 0 amide bonds. The van der Waals surface area contributed by atoms with E-state index >= 15 is 4.39 Å². The van der Waals surface area contributed by atoms with Gasteiger partial charge >= 0.3 is 5.97 Å². The van der Waals surface area contributed by atoms with Gasteiger partial charge in [-0.1, -0.05) is 25.1 Å². The monoisotopic (exact) mass is 346 g/mol. The van der Waals surface area contributed by atoms with Crippen molar-refractivity contribution in [1.82, 2.24) is 0 Å². The fraction of sp³-hybridized carbons (Fsp3) is 0.381. The number of rotatable bonds is 5. The summed E-state index contributed by atoms with van der Waals surface area (Å²) in [7, 11) is 0. The maximum Gasteiger partial charge on any atom is 0.306 e. The number of carbonyl (C=O) groups excluding carboxylic acids is 1. The molecule has 2 aromatic rings. The average Bonchev–Trinajstić information content (AvgIpc) is 2.52. The van der Waals surface area contributed by atoms with E-state index in [1.807, 2.05) is 32.0 Å². The third-order valence-corrected chi connectivity index (χ3v) is 4.44. The molecule has 0 fully saturated rings. The van der Waals surface area contributed by atoms with Gasteiger partial charge in [-0.25, -0.2) is 8.78 Å². The first kappa shape index (κ1) is 19.1. The van der Waals surface area contributed by atoms with E-state index in [9.17, 15) is 9.18 Å². The standard InChI is InChI=1S/C21H24F2O2/c1-6-25-17(24)11-14(4)19-20(22)15(5)10-16(21(19)23)18-12(2)8-7-9-13(18)3/h7-10,14H,6,11H2,1-5H3/t14-/m0/s1. The zero-order valence-electron chi connectivity index (χ0n) is 15.4. The molecule has 25 heavy (non-hydrogen) atoms. The lowest BCUT2D eigenvalue weighted by Crippen LogP contribution is -2.12. The Morgan fingerprint density at radius 3 is 2.24 bits per heavy atom. The Morgan fingerprint density at radius 1 is 1.08 bits per heavy atom. The number of benzene rings is 2. The summed E-state index contributed by atoms with van der Waals surface area (Å²) in [5.74, 6) is -2.26. The molecule has 0 aliphatic heterocycles. The van der Waals surface area contributed by atoms with Crippen molar-refractivity contribution in [3.05, 3.63) is 58.2 Å². The topological polar surface area (TPSA) is 26.3 Å². The Labute approximate surface area is 147 Å². The van der Waals surface area contributed by atoms with Gasteiger partial charge in [0.25, 0.3) is 0 Å². The van der Waals surface area contributed by atoms with Crippen molar-refractivity contribution < 1.29 is 18.3 Å². The lowest BCUT2D eigenvalue weighted by Gasteiger charge is -2.19. The van der Waals surface area contributed by atoms with Crippen molar-refractivity contribution in [3.63, 3.8) is 0 Å². The second-order valence-electron chi connectivity index (χ2n) is 6.46. The highest BCUT2D eigenvalue weighted by atomic mass is 19.1. The highest BCUT2D eigenvalue weighted by Gasteiger charge is 2.25. The van der Waals surface area contributed by atoms with Gasteiger partial charge in [0.1, 0.15) is 11.6 Å². The van der Waals surface area contributed by atoms with Gasteiger partial charge in [0.2, 0.25) is 0 Å². The minimum atomic E-state index is -0.609. The molecule has 0 N–H and O–H groups in total. The molecule has 2 aromatic carbocycles. The van der Waals surface area contributed by atoms with Gasteiger partial charge in [0.05, 0.1) is 13.0 Å². The van der Waals surface area contributed by atoms with Crippen molar-refractivity contribution in [2.45, 2.75) is 47.0 Å². The largest absolute Gasteiger partial charge is 0.466 e. The molecule has 0 unspecified atom stereocenters. The summed E-state index contributed by atoms with van der Waals surface area (Å²) in [6.45, 7) is 9.02. The lowest BCUT2D eigenvalue weighted by molar-refractivity contribution is -0.143. The van der Waals surface area contributed by atoms with Crippen LogP contribution < -0.4 is 0 Å². The van der Waals surface area contributed by atoms with Crippen LogP contribution in [0.25, 0.3) is 11.1 Å². The van der Waals surface area contributed by atoms with Crippen LogP contribution in [0.5, 0.6) is 0 Å². The number of aryl methyl sites for hydroxylation is 3. The molecule has 0 bridgehead atoms. The summed E-state index contributed by atoms with van der Waals surface area (Å²) >= 11 is 0. The minimum Gasteiger partial charge on any atom is -0.466 e. The first-order valence-corrected chi connectivity index (χ1v) is 8.48. The van der Waals surface area contributed by atoms with Crippen LogP contribution in [0.2, 0.25) is 0 Å². The van der Waals surface area contributed by atoms with E-state index in [0.717, 1.165) is 16.7 Å². The predicted molar refractivity (Wildman–Crippen MR) is 95.7 cm³/mol. The average molecular weight is 346 g/mol. The number of halogens is 2. The zero-order chi connectivity index (χ0) is 18.7. The third-order valence-electron chi connectivity index (χ3n) is 4.44. The maximum absolute atomic E-state index is 15.3. The van der Waals surface area contributed by atoms with Crippen LogP contribution in [0.4, 0.5) is 8.78 Å². The fourth-order valence-electron chi connectivity index (χ4n) is 3.22. The summed E-state index contributed by atoms with van der Waals surface area (Å²) in [6.07, 6.45) is -0.0582. The Bertz CT molecular complexity index is 777. The Kier molecular flexibility index (Phi) is 5.93. The smallest absolute Gasteiger partial charge is 0.306 e. The van der Waals surface area contributed by atoms with Crippen LogP contribution in [0, 0.1) is 32.4 Å². The molecule has 2 rings (SSSR count). The van der Waals surface area contributed by atoms with E-state index in [4.69, 9.17) is 4.74 Å². The second kappa shape index (κ2) is 7.77. The first-order valence-electron chi connectivity index (χ1n) is 8.48. The number of ether oxygens (including phenoxy) is 1. The lowest BCUT2D eigenvalue weighted by atomic mass is 9.88. The van der Waals surface area contributed by atoms with Gasteiger partial charge < -0.3 is 4.74 Å². The van der Waals surface area contributed by atoms with Crippen LogP contribution in [-0.2, 0) is 9.53 Å². The van der Waals surface area contributed by atoms with Crippen molar-refractivity contribution in [2.75, 3.05) is 6.61 Å². The second-order valence-corrected chi connectivity index (χ2v) is 6.46. The van der Waals surface area contributed by atoms with Gasteiger partial charge in [0.15, 0.2) is 0 Å². The zero-order valence-corrected chi connectivity index (χ0v) is 15.4. The quantitative estimate of drug-likeness (QED) is 0.657. The van der Waals surface area contributed by atoms with Gasteiger partial charge in [-0.15, -0.1) is 0 Å². The molecule has 1 atom stereocenters. The molecular weight excluding hydrogens is 322 g/mol. The van der Waals surface area contributed by atoms with E-state index in [0.29, 0.717) is 11.1 Å². The molecule has 0 heterocycles. The SMILES string of the molecule is CCOC(=O)C[C@H](C)c1c(F)c(C)cc(-c2c(C)cccc2C)c1F. The van der Waals surface area contributed by atoms with Gasteiger partial charge in [-0.3, -0.25) is 4.79 Å². The molecule has 0 spiro atoms. The maximum atomic E-state index is 15.3. The molecule has 0 aliphatic rings. The van der Waals surface area contributed by atoms with E-state index in [2.05, 4.69) is 0 Å². The molecule has 0 radical (unpaired) electrons. The van der Waals surface area contributed by atoms with Crippen molar-refractivity contribution >= 4 is 5.97 Å². The van der Waals surface area contributed by atoms with Crippen LogP contribution in [-0.4, -0.2) is 12.6 Å². The van der Waals surface area contributed by atoms with Gasteiger partial charge in [-0.05, 0) is 61.9 Å². The summed E-state index contributed by atoms with van der Waals surface area (Å²) in [5, 5.41) is 0. The Hall–Kier alpha value is -2.23. The first-order chi connectivity index (χ1) is 11.8. The summed E-state index contributed by atoms with van der Waals surface area (Å²) in [6, 6.07) is 7.26. The highest BCUT2D eigenvalue weighted by Crippen LogP contribution is 2.36. The van der Waals surface area contributed by atoms with Crippen LogP contribution in [0.1, 0.15) is 48.4 Å². The van der Waals surface area contributed by atoms with E-state index in [1.165, 1.54) is 0 Å². The third kappa shape index (κ3) is 3.89. The number of hydrogen-bond donors (Lipinski definition) is 0. The van der Waals surface area contributed by atoms with E-state index in [-0.39, 0.29) is 18.6 Å². The molecule has 4 heteroatoms. The van der Waals surface area contributed by atoms with E-state index < -0.39 is 23.5 Å². The molecule has 2 nitrogen and oxygen atoms in total. The van der Waals surface area contributed by atoms with E-state index in [1.54, 1.807) is 26.8 Å². The normalized spacial score (nSPS) is 12.1. The van der Waals surface area contributed by atoms with Crippen molar-refractivity contribution in [3.8, 4) is 11.1 Å². The summed E-state index contributed by atoms with van der Waals surface area (Å²) in [4.78, 5) is 11.7. The number of carbonyl (C=O) groups is 1. The molecule has 0 aliphatic carbocycles. The van der Waals surface area contributed by atoms with Crippen LogP contribution in [0.3, 0.4) is 0 Å². The Morgan fingerprint density at radius 2 is 1.68 bits per heavy atom. The number of esters is 1.